The Morgan fingerprint density at radius 3 is 2.20 bits per heavy atom. The summed E-state index contributed by atoms with van der Waals surface area (Å²) in [4.78, 5) is 37.7. The van der Waals surface area contributed by atoms with Gasteiger partial charge < -0.3 is 25.2 Å². The van der Waals surface area contributed by atoms with Crippen LogP contribution in [0, 0.1) is 11.8 Å². The molecule has 1 rings (SSSR count). The predicted octanol–water partition coefficient (Wildman–Crippen LogP) is 1.09. The maximum Gasteiger partial charge on any atom is 0.357 e. The molecule has 0 aliphatic rings. The quantitative estimate of drug-likeness (QED) is 0.575. The van der Waals surface area contributed by atoms with Crippen LogP contribution in [0.3, 0.4) is 0 Å². The molecule has 1 aromatic rings. The number of hydrogen-bond acceptors (Lipinski definition) is 6. The minimum absolute atomic E-state index is 0.0238. The predicted molar refractivity (Wildman–Crippen MR) is 97.6 cm³/mol. The highest BCUT2D eigenvalue weighted by atomic mass is 31.2. The summed E-state index contributed by atoms with van der Waals surface area (Å²) in [6.45, 7) is 6.78. The highest BCUT2D eigenvalue weighted by molar-refractivity contribution is 7.53. The Bertz CT molecular complexity index is 688. The van der Waals surface area contributed by atoms with Gasteiger partial charge in [0.1, 0.15) is 5.82 Å². The molecule has 144 valence electrons. The van der Waals surface area contributed by atoms with Gasteiger partial charge in [-0.2, -0.15) is 4.98 Å². The van der Waals surface area contributed by atoms with Gasteiger partial charge in [-0.05, 0) is 11.8 Å². The van der Waals surface area contributed by atoms with Crippen LogP contribution in [-0.2, 0) is 15.8 Å². The third kappa shape index (κ3) is 4.41. The molecule has 4 N–H and O–H groups in total. The maximum atomic E-state index is 12.2. The average molecular weight is 376 g/mol. The minimum atomic E-state index is -4.55. The van der Waals surface area contributed by atoms with E-state index in [0.29, 0.717) is 5.82 Å². The van der Waals surface area contributed by atoms with Gasteiger partial charge in [0.15, 0.2) is 5.34 Å². The Morgan fingerprint density at radius 2 is 1.84 bits per heavy atom. The highest BCUT2D eigenvalue weighted by Crippen LogP contribution is 2.59. The Morgan fingerprint density at radius 1 is 1.32 bits per heavy atom. The van der Waals surface area contributed by atoms with Crippen LogP contribution in [0.15, 0.2) is 10.9 Å². The standard InChI is InChI=1S/C15H29N4O5P/c1-10(2)15(11(3)4,25(21,22)23)24-8-7-19-13(20)9-12(18(5)6)17-14(19)16/h9-11H,7-8H2,1-6H3,(H2,16,17)(H2,21,22,23). The number of nitrogen functional groups attached to an aromatic ring is 1. The molecule has 25 heavy (non-hydrogen) atoms. The molecule has 0 aromatic carbocycles. The summed E-state index contributed by atoms with van der Waals surface area (Å²) in [6.07, 6.45) is 0. The number of anilines is 2. The third-order valence-corrected chi connectivity index (χ3v) is 6.31. The van der Waals surface area contributed by atoms with E-state index in [1.54, 1.807) is 46.7 Å². The van der Waals surface area contributed by atoms with Gasteiger partial charge in [0.05, 0.1) is 13.2 Å². The first-order valence-corrected chi connectivity index (χ1v) is 9.70. The van der Waals surface area contributed by atoms with Crippen LogP contribution < -0.4 is 16.2 Å². The fourth-order valence-corrected chi connectivity index (χ4v) is 4.63. The lowest BCUT2D eigenvalue weighted by Crippen LogP contribution is -2.44. The van der Waals surface area contributed by atoms with Gasteiger partial charge in [-0.3, -0.25) is 13.9 Å². The van der Waals surface area contributed by atoms with Crippen molar-refractivity contribution in [3.63, 3.8) is 0 Å². The van der Waals surface area contributed by atoms with E-state index in [1.807, 2.05) is 0 Å². The second-order valence-corrected chi connectivity index (χ2v) is 8.60. The lowest BCUT2D eigenvalue weighted by molar-refractivity contribution is -0.0648. The van der Waals surface area contributed by atoms with Crippen molar-refractivity contribution in [2.75, 3.05) is 31.3 Å². The van der Waals surface area contributed by atoms with Crippen molar-refractivity contribution in [2.24, 2.45) is 11.8 Å². The third-order valence-electron chi connectivity index (χ3n) is 4.24. The van der Waals surface area contributed by atoms with Crippen LogP contribution in [0.5, 0.6) is 0 Å². The molecule has 0 radical (unpaired) electrons. The van der Waals surface area contributed by atoms with Gasteiger partial charge in [0, 0.05) is 20.2 Å². The summed E-state index contributed by atoms with van der Waals surface area (Å²) in [5.74, 6) is -0.377. The summed E-state index contributed by atoms with van der Waals surface area (Å²) in [7, 11) is -1.06. The molecule has 0 saturated heterocycles. The molecule has 0 amide bonds. The molecule has 0 bridgehead atoms. The zero-order chi connectivity index (χ0) is 19.6. The maximum absolute atomic E-state index is 12.2. The Hall–Kier alpha value is -1.41. The average Bonchev–Trinajstić information content (AvgIpc) is 2.43. The summed E-state index contributed by atoms with van der Waals surface area (Å²) in [6, 6.07) is 1.34. The van der Waals surface area contributed by atoms with Crippen molar-refractivity contribution >= 4 is 19.4 Å². The van der Waals surface area contributed by atoms with Gasteiger partial charge in [0.25, 0.3) is 5.56 Å². The van der Waals surface area contributed by atoms with Crippen molar-refractivity contribution in [3.8, 4) is 0 Å². The van der Waals surface area contributed by atoms with E-state index >= 15 is 0 Å². The zero-order valence-electron chi connectivity index (χ0n) is 15.6. The van der Waals surface area contributed by atoms with E-state index in [-0.39, 0.29) is 24.7 Å². The normalized spacial score (nSPS) is 12.9. The minimum Gasteiger partial charge on any atom is -0.369 e. The van der Waals surface area contributed by atoms with Crippen molar-refractivity contribution in [1.29, 1.82) is 0 Å². The number of nitrogens with two attached hydrogens (primary N) is 1. The zero-order valence-corrected chi connectivity index (χ0v) is 16.5. The van der Waals surface area contributed by atoms with Crippen molar-refractivity contribution in [3.05, 3.63) is 16.4 Å². The van der Waals surface area contributed by atoms with Gasteiger partial charge in [-0.1, -0.05) is 27.7 Å². The number of rotatable bonds is 8. The first-order chi connectivity index (χ1) is 11.3. The van der Waals surface area contributed by atoms with Crippen LogP contribution in [0.1, 0.15) is 27.7 Å². The molecule has 0 fully saturated rings. The molecule has 0 aliphatic heterocycles. The largest absolute Gasteiger partial charge is 0.369 e. The van der Waals surface area contributed by atoms with E-state index in [2.05, 4.69) is 4.98 Å². The first kappa shape index (κ1) is 21.6. The summed E-state index contributed by atoms with van der Waals surface area (Å²) >= 11 is 0. The first-order valence-electron chi connectivity index (χ1n) is 8.08. The molecule has 0 saturated carbocycles. The van der Waals surface area contributed by atoms with Crippen LogP contribution in [-0.4, -0.2) is 45.4 Å². The SMILES string of the molecule is CC(C)C(OCCn1c(N)nc(N(C)C)cc1=O)(C(C)C)P(=O)(O)O. The summed E-state index contributed by atoms with van der Waals surface area (Å²) in [5.41, 5.74) is 5.48. The second-order valence-electron chi connectivity index (χ2n) is 6.81. The molecule has 0 aliphatic carbocycles. The molecular formula is C15H29N4O5P. The smallest absolute Gasteiger partial charge is 0.357 e. The van der Waals surface area contributed by atoms with E-state index in [9.17, 15) is 19.1 Å². The molecule has 9 nitrogen and oxygen atoms in total. The van der Waals surface area contributed by atoms with Crippen LogP contribution in [0.2, 0.25) is 0 Å². The number of nitrogens with zero attached hydrogens (tertiary/aromatic N) is 3. The Kier molecular flexibility index (Phi) is 6.81. The van der Waals surface area contributed by atoms with Crippen molar-refractivity contribution in [1.82, 2.24) is 9.55 Å². The molecule has 0 spiro atoms. The molecule has 1 heterocycles. The molecule has 1 aromatic heterocycles. The van der Waals surface area contributed by atoms with E-state index in [0.717, 1.165) is 0 Å². The lowest BCUT2D eigenvalue weighted by Gasteiger charge is -2.41. The fraction of sp³-hybridized carbons (Fsp3) is 0.733. The van der Waals surface area contributed by atoms with Gasteiger partial charge in [-0.15, -0.1) is 0 Å². The molecule has 10 heteroatoms. The van der Waals surface area contributed by atoms with E-state index < -0.39 is 24.8 Å². The van der Waals surface area contributed by atoms with Crippen LogP contribution >= 0.6 is 7.60 Å². The Balaban J connectivity index is 3.05. The highest BCUT2D eigenvalue weighted by Gasteiger charge is 2.53. The van der Waals surface area contributed by atoms with Gasteiger partial charge in [-0.25, -0.2) is 0 Å². The Labute approximate surface area is 148 Å². The van der Waals surface area contributed by atoms with Crippen LogP contribution in [0.25, 0.3) is 0 Å². The monoisotopic (exact) mass is 376 g/mol. The molecule has 0 unspecified atom stereocenters. The molecular weight excluding hydrogens is 347 g/mol. The fourth-order valence-electron chi connectivity index (χ4n) is 3.02. The van der Waals surface area contributed by atoms with Crippen molar-refractivity contribution < 1.29 is 19.1 Å². The summed E-state index contributed by atoms with van der Waals surface area (Å²) < 4.78 is 19.0. The second kappa shape index (κ2) is 7.86. The topological polar surface area (TPSA) is 131 Å². The number of ether oxygens (including phenoxy) is 1. The van der Waals surface area contributed by atoms with Gasteiger partial charge in [0.2, 0.25) is 5.95 Å². The number of aromatic nitrogens is 2. The van der Waals surface area contributed by atoms with E-state index in [1.165, 1.54) is 10.6 Å². The van der Waals surface area contributed by atoms with Crippen LogP contribution in [0.4, 0.5) is 11.8 Å². The lowest BCUT2D eigenvalue weighted by atomic mass is 9.95. The molecule has 0 atom stereocenters. The van der Waals surface area contributed by atoms with E-state index in [4.69, 9.17) is 10.5 Å². The van der Waals surface area contributed by atoms with Gasteiger partial charge >= 0.3 is 7.60 Å². The summed E-state index contributed by atoms with van der Waals surface area (Å²) in [5, 5.41) is -1.62. The number of hydrogen-bond donors (Lipinski definition) is 3. The van der Waals surface area contributed by atoms with Crippen molar-refractivity contribution in [2.45, 2.75) is 39.6 Å².